The number of aliphatic hydroxyl groups excluding tert-OH is 1. The first-order valence-corrected chi connectivity index (χ1v) is 6.80. The smallest absolute Gasteiger partial charge is 0.337 e. The van der Waals surface area contributed by atoms with Gasteiger partial charge in [-0.1, -0.05) is 42.5 Å². The highest BCUT2D eigenvalue weighted by molar-refractivity contribution is 5.89. The van der Waals surface area contributed by atoms with E-state index in [0.717, 1.165) is 5.56 Å². The van der Waals surface area contributed by atoms with Gasteiger partial charge in [0.2, 0.25) is 0 Å². The molecule has 0 aromatic heterocycles. The summed E-state index contributed by atoms with van der Waals surface area (Å²) in [7, 11) is 1.31. The molecular formula is C17H17NO4. The van der Waals surface area contributed by atoms with Gasteiger partial charge >= 0.3 is 5.97 Å². The minimum absolute atomic E-state index is 0.216. The van der Waals surface area contributed by atoms with Gasteiger partial charge in [-0.05, 0) is 23.3 Å². The van der Waals surface area contributed by atoms with Crippen molar-refractivity contribution in [1.29, 1.82) is 0 Å². The van der Waals surface area contributed by atoms with Crippen molar-refractivity contribution in [2.24, 2.45) is 0 Å². The Bertz CT molecular complexity index is 655. The summed E-state index contributed by atoms with van der Waals surface area (Å²) in [5.74, 6) is -0.924. The number of carbonyl (C=O) groups is 2. The highest BCUT2D eigenvalue weighted by Gasteiger charge is 2.16. The molecule has 0 bridgehead atoms. The Hall–Kier alpha value is -2.66. The van der Waals surface area contributed by atoms with Gasteiger partial charge in [0.05, 0.1) is 12.7 Å². The molecule has 0 aliphatic heterocycles. The van der Waals surface area contributed by atoms with E-state index >= 15 is 0 Å². The Morgan fingerprint density at radius 1 is 1.14 bits per heavy atom. The van der Waals surface area contributed by atoms with E-state index in [1.807, 2.05) is 6.07 Å². The molecule has 1 amide bonds. The van der Waals surface area contributed by atoms with Crippen molar-refractivity contribution in [1.82, 2.24) is 5.32 Å². The molecule has 2 aromatic rings. The van der Waals surface area contributed by atoms with Crippen LogP contribution in [0.3, 0.4) is 0 Å². The van der Waals surface area contributed by atoms with Gasteiger partial charge in [0.15, 0.2) is 6.10 Å². The summed E-state index contributed by atoms with van der Waals surface area (Å²) in [6, 6.07) is 15.5. The molecule has 0 saturated heterocycles. The highest BCUT2D eigenvalue weighted by atomic mass is 16.5. The normalized spacial score (nSPS) is 11.5. The van der Waals surface area contributed by atoms with Crippen LogP contribution >= 0.6 is 0 Å². The number of benzene rings is 2. The Balaban J connectivity index is 1.98. The number of rotatable bonds is 5. The lowest BCUT2D eigenvalue weighted by Gasteiger charge is -2.12. The number of methoxy groups -OCH3 is 1. The van der Waals surface area contributed by atoms with Crippen LogP contribution in [0.15, 0.2) is 54.6 Å². The van der Waals surface area contributed by atoms with Crippen molar-refractivity contribution in [2.75, 3.05) is 7.11 Å². The third-order valence-corrected chi connectivity index (χ3v) is 3.18. The van der Waals surface area contributed by atoms with Crippen molar-refractivity contribution in [2.45, 2.75) is 12.6 Å². The lowest BCUT2D eigenvalue weighted by atomic mass is 10.1. The van der Waals surface area contributed by atoms with Gasteiger partial charge in [-0.2, -0.15) is 0 Å². The second-order valence-corrected chi connectivity index (χ2v) is 4.72. The third kappa shape index (κ3) is 3.93. The van der Waals surface area contributed by atoms with E-state index in [0.29, 0.717) is 11.1 Å². The zero-order valence-electron chi connectivity index (χ0n) is 12.2. The van der Waals surface area contributed by atoms with Gasteiger partial charge in [-0.3, -0.25) is 4.79 Å². The number of esters is 1. The number of nitrogens with one attached hydrogen (secondary N) is 1. The average molecular weight is 299 g/mol. The Morgan fingerprint density at radius 3 is 2.55 bits per heavy atom. The van der Waals surface area contributed by atoms with Gasteiger partial charge in [0.25, 0.3) is 5.91 Å². The summed E-state index contributed by atoms with van der Waals surface area (Å²) < 4.78 is 4.65. The molecule has 2 rings (SSSR count). The number of aliphatic hydroxyl groups is 1. The molecule has 5 heteroatoms. The molecule has 0 fully saturated rings. The molecule has 0 heterocycles. The topological polar surface area (TPSA) is 75.6 Å². The fourth-order valence-electron chi connectivity index (χ4n) is 2.00. The molecule has 2 aromatic carbocycles. The largest absolute Gasteiger partial charge is 0.465 e. The van der Waals surface area contributed by atoms with E-state index in [2.05, 4.69) is 10.1 Å². The fraction of sp³-hybridized carbons (Fsp3) is 0.176. The molecule has 0 saturated carbocycles. The molecular weight excluding hydrogens is 282 g/mol. The van der Waals surface area contributed by atoms with E-state index in [4.69, 9.17) is 0 Å². The first-order valence-electron chi connectivity index (χ1n) is 6.80. The predicted octanol–water partition coefficient (Wildman–Crippen LogP) is 1.82. The molecule has 5 nitrogen and oxygen atoms in total. The van der Waals surface area contributed by atoms with Crippen LogP contribution in [0.1, 0.15) is 27.6 Å². The van der Waals surface area contributed by atoms with E-state index in [1.54, 1.807) is 48.5 Å². The number of hydrogen-bond donors (Lipinski definition) is 2. The van der Waals surface area contributed by atoms with Crippen molar-refractivity contribution in [3.05, 3.63) is 71.3 Å². The highest BCUT2D eigenvalue weighted by Crippen LogP contribution is 2.12. The second kappa shape index (κ2) is 7.38. The molecule has 0 radical (unpaired) electrons. The molecule has 0 spiro atoms. The molecule has 22 heavy (non-hydrogen) atoms. The van der Waals surface area contributed by atoms with Crippen molar-refractivity contribution >= 4 is 11.9 Å². The Kier molecular flexibility index (Phi) is 5.27. The lowest BCUT2D eigenvalue weighted by molar-refractivity contribution is -0.129. The van der Waals surface area contributed by atoms with Gasteiger partial charge in [0, 0.05) is 6.54 Å². The predicted molar refractivity (Wildman–Crippen MR) is 81.0 cm³/mol. The monoisotopic (exact) mass is 299 g/mol. The molecule has 0 aliphatic carbocycles. The minimum atomic E-state index is -1.22. The maximum absolute atomic E-state index is 11.9. The summed E-state index contributed by atoms with van der Waals surface area (Å²) in [6.45, 7) is 0.216. The first-order chi connectivity index (χ1) is 10.6. The second-order valence-electron chi connectivity index (χ2n) is 4.72. The van der Waals surface area contributed by atoms with Crippen LogP contribution in [-0.4, -0.2) is 24.1 Å². The summed E-state index contributed by atoms with van der Waals surface area (Å²) in [4.78, 5) is 23.4. The van der Waals surface area contributed by atoms with Gasteiger partial charge in [-0.25, -0.2) is 4.79 Å². The van der Waals surface area contributed by atoms with E-state index in [-0.39, 0.29) is 6.54 Å². The average Bonchev–Trinajstić information content (AvgIpc) is 2.59. The summed E-state index contributed by atoms with van der Waals surface area (Å²) in [5, 5.41) is 12.6. The fourth-order valence-corrected chi connectivity index (χ4v) is 2.00. The number of hydrogen-bond acceptors (Lipinski definition) is 4. The van der Waals surface area contributed by atoms with Crippen molar-refractivity contribution in [3.8, 4) is 0 Å². The molecule has 114 valence electrons. The van der Waals surface area contributed by atoms with Crippen LogP contribution in [0.5, 0.6) is 0 Å². The summed E-state index contributed by atoms with van der Waals surface area (Å²) in [6.07, 6.45) is -1.22. The van der Waals surface area contributed by atoms with Crippen LogP contribution in [0.4, 0.5) is 0 Å². The van der Waals surface area contributed by atoms with E-state index in [9.17, 15) is 14.7 Å². The zero-order valence-corrected chi connectivity index (χ0v) is 12.2. The number of ether oxygens (including phenoxy) is 1. The quantitative estimate of drug-likeness (QED) is 0.826. The van der Waals surface area contributed by atoms with E-state index in [1.165, 1.54) is 7.11 Å². The molecule has 2 N–H and O–H groups in total. The SMILES string of the molecule is COC(=O)c1cccc(CNC(=O)[C@@H](O)c2ccccc2)c1. The molecule has 0 aliphatic rings. The first kappa shape index (κ1) is 15.7. The van der Waals surface area contributed by atoms with Crippen LogP contribution < -0.4 is 5.32 Å². The van der Waals surface area contributed by atoms with Gasteiger partial charge in [-0.15, -0.1) is 0 Å². The lowest BCUT2D eigenvalue weighted by Crippen LogP contribution is -2.28. The van der Waals surface area contributed by atoms with Crippen LogP contribution in [0.25, 0.3) is 0 Å². The Morgan fingerprint density at radius 2 is 1.86 bits per heavy atom. The number of amides is 1. The maximum Gasteiger partial charge on any atom is 0.337 e. The summed E-state index contributed by atoms with van der Waals surface area (Å²) >= 11 is 0. The Labute approximate surface area is 128 Å². The van der Waals surface area contributed by atoms with E-state index < -0.39 is 18.0 Å². The van der Waals surface area contributed by atoms with Gasteiger partial charge in [0.1, 0.15) is 0 Å². The standard InChI is InChI=1S/C17H17NO4/c1-22-17(21)14-9-5-6-12(10-14)11-18-16(20)15(19)13-7-3-2-4-8-13/h2-10,15,19H,11H2,1H3,(H,18,20)/t15-/m0/s1. The minimum Gasteiger partial charge on any atom is -0.465 e. The van der Waals surface area contributed by atoms with Gasteiger partial charge < -0.3 is 15.2 Å². The number of carbonyl (C=O) groups excluding carboxylic acids is 2. The van der Waals surface area contributed by atoms with Crippen molar-refractivity contribution in [3.63, 3.8) is 0 Å². The third-order valence-electron chi connectivity index (χ3n) is 3.18. The molecule has 1 atom stereocenters. The van der Waals surface area contributed by atoms with Crippen LogP contribution in [-0.2, 0) is 16.1 Å². The maximum atomic E-state index is 11.9. The van der Waals surface area contributed by atoms with Crippen LogP contribution in [0, 0.1) is 0 Å². The van der Waals surface area contributed by atoms with Crippen LogP contribution in [0.2, 0.25) is 0 Å². The zero-order chi connectivity index (χ0) is 15.9. The summed E-state index contributed by atoms with van der Waals surface area (Å²) in [5.41, 5.74) is 1.69. The van der Waals surface area contributed by atoms with Crippen molar-refractivity contribution < 1.29 is 19.4 Å². The molecule has 0 unspecified atom stereocenters.